The molecule has 1 unspecified atom stereocenters. The first-order valence-electron chi connectivity index (χ1n) is 10.5. The Hall–Kier alpha value is -3.58. The molecule has 0 spiro atoms. The maximum Gasteiger partial charge on any atom is 0.295 e. The van der Waals surface area contributed by atoms with Crippen LogP contribution in [0.4, 0.5) is 0 Å². The van der Waals surface area contributed by atoms with Gasteiger partial charge < -0.3 is 19.5 Å². The first-order valence-corrected chi connectivity index (χ1v) is 11.3. The predicted octanol–water partition coefficient (Wildman–Crippen LogP) is 4.84. The molecule has 6 nitrogen and oxygen atoms in total. The number of ether oxygens (including phenoxy) is 2. The molecule has 0 bridgehead atoms. The molecule has 3 aromatic carbocycles. The summed E-state index contributed by atoms with van der Waals surface area (Å²) >= 11 is 3.43. The fourth-order valence-electron chi connectivity index (χ4n) is 4.16. The minimum absolute atomic E-state index is 0.0509. The van der Waals surface area contributed by atoms with E-state index < -0.39 is 17.7 Å². The molecular formula is C26H20BrNO5. The van der Waals surface area contributed by atoms with Crippen molar-refractivity contribution in [2.75, 3.05) is 13.2 Å². The van der Waals surface area contributed by atoms with Crippen LogP contribution < -0.4 is 9.47 Å². The Kier molecular flexibility index (Phi) is 5.64. The van der Waals surface area contributed by atoms with Crippen LogP contribution >= 0.6 is 15.9 Å². The lowest BCUT2D eigenvalue weighted by Gasteiger charge is -2.25. The lowest BCUT2D eigenvalue weighted by molar-refractivity contribution is -0.140. The van der Waals surface area contributed by atoms with Crippen LogP contribution in [0.3, 0.4) is 0 Å². The Morgan fingerprint density at radius 1 is 0.939 bits per heavy atom. The molecule has 0 radical (unpaired) electrons. The van der Waals surface area contributed by atoms with Crippen LogP contribution in [0.15, 0.2) is 82.8 Å². The Morgan fingerprint density at radius 3 is 2.36 bits per heavy atom. The van der Waals surface area contributed by atoms with Gasteiger partial charge >= 0.3 is 0 Å². The highest BCUT2D eigenvalue weighted by Crippen LogP contribution is 2.42. The highest BCUT2D eigenvalue weighted by Gasteiger charge is 2.46. The van der Waals surface area contributed by atoms with E-state index >= 15 is 0 Å². The van der Waals surface area contributed by atoms with E-state index in [1.807, 2.05) is 54.6 Å². The van der Waals surface area contributed by atoms with Crippen molar-refractivity contribution >= 4 is 33.4 Å². The van der Waals surface area contributed by atoms with Gasteiger partial charge in [-0.05, 0) is 41.5 Å². The number of amides is 1. The fraction of sp³-hybridized carbons (Fsp3) is 0.154. The number of aliphatic hydroxyl groups excluding tert-OH is 1. The van der Waals surface area contributed by atoms with Gasteiger partial charge in [-0.15, -0.1) is 0 Å². The average Bonchev–Trinajstić information content (AvgIpc) is 3.09. The number of carbonyl (C=O) groups is 2. The Bertz CT molecular complexity index is 1250. The van der Waals surface area contributed by atoms with Crippen molar-refractivity contribution in [1.29, 1.82) is 0 Å². The molecule has 166 valence electrons. The van der Waals surface area contributed by atoms with Crippen molar-refractivity contribution in [3.05, 3.63) is 99.5 Å². The molecule has 2 aliphatic rings. The third-order valence-corrected chi connectivity index (χ3v) is 6.27. The first kappa shape index (κ1) is 21.3. The molecule has 1 fully saturated rings. The minimum atomic E-state index is -0.730. The normalized spacial score (nSPS) is 19.1. The molecule has 33 heavy (non-hydrogen) atoms. The number of carbonyl (C=O) groups excluding carboxylic acids is 2. The summed E-state index contributed by atoms with van der Waals surface area (Å²) in [5.41, 5.74) is 2.06. The van der Waals surface area contributed by atoms with Crippen LogP contribution in [0.2, 0.25) is 0 Å². The Morgan fingerprint density at radius 2 is 1.64 bits per heavy atom. The van der Waals surface area contributed by atoms with Crippen LogP contribution in [0.5, 0.6) is 11.5 Å². The van der Waals surface area contributed by atoms with Gasteiger partial charge in [-0.3, -0.25) is 9.59 Å². The second kappa shape index (κ2) is 8.75. The van der Waals surface area contributed by atoms with Crippen LogP contribution in [-0.4, -0.2) is 34.9 Å². The number of hydrogen-bond acceptors (Lipinski definition) is 5. The van der Waals surface area contributed by atoms with E-state index in [9.17, 15) is 14.7 Å². The summed E-state index contributed by atoms with van der Waals surface area (Å²) in [6.45, 7) is 1.09. The summed E-state index contributed by atoms with van der Waals surface area (Å²) in [6, 6.07) is 21.1. The molecule has 1 N–H and O–H groups in total. The van der Waals surface area contributed by atoms with Gasteiger partial charge in [-0.1, -0.05) is 58.4 Å². The van der Waals surface area contributed by atoms with E-state index in [0.717, 1.165) is 15.6 Å². The van der Waals surface area contributed by atoms with E-state index in [0.29, 0.717) is 30.3 Å². The van der Waals surface area contributed by atoms with E-state index in [1.165, 1.54) is 4.90 Å². The third kappa shape index (κ3) is 4.00. The third-order valence-electron chi connectivity index (χ3n) is 5.74. The van der Waals surface area contributed by atoms with Gasteiger partial charge in [0.15, 0.2) is 11.5 Å². The molecule has 3 aromatic rings. The smallest absolute Gasteiger partial charge is 0.295 e. The molecule has 7 heteroatoms. The molecule has 2 heterocycles. The van der Waals surface area contributed by atoms with Crippen LogP contribution in [-0.2, 0) is 16.1 Å². The van der Waals surface area contributed by atoms with Crippen LogP contribution in [0.25, 0.3) is 5.76 Å². The number of halogens is 1. The van der Waals surface area contributed by atoms with E-state index in [2.05, 4.69) is 15.9 Å². The number of nitrogens with zero attached hydrogens (tertiary/aromatic N) is 1. The Labute approximate surface area is 199 Å². The van der Waals surface area contributed by atoms with Crippen molar-refractivity contribution in [3.8, 4) is 11.5 Å². The summed E-state index contributed by atoms with van der Waals surface area (Å²) < 4.78 is 12.0. The molecule has 5 rings (SSSR count). The zero-order valence-corrected chi connectivity index (χ0v) is 19.1. The van der Waals surface area contributed by atoms with Gasteiger partial charge in [-0.2, -0.15) is 0 Å². The van der Waals surface area contributed by atoms with Crippen molar-refractivity contribution in [2.45, 2.75) is 12.6 Å². The number of benzene rings is 3. The number of hydrogen-bond donors (Lipinski definition) is 1. The zero-order valence-electron chi connectivity index (χ0n) is 17.5. The number of fused-ring (bicyclic) bond motifs is 1. The lowest BCUT2D eigenvalue weighted by Crippen LogP contribution is -2.29. The number of Topliss-reactive ketones (excluding diaryl/α,β-unsaturated/α-hetero) is 1. The highest BCUT2D eigenvalue weighted by atomic mass is 79.9. The monoisotopic (exact) mass is 505 g/mol. The summed E-state index contributed by atoms with van der Waals surface area (Å²) in [4.78, 5) is 27.8. The van der Waals surface area contributed by atoms with Crippen molar-refractivity contribution in [2.24, 2.45) is 0 Å². The lowest BCUT2D eigenvalue weighted by atomic mass is 9.95. The predicted molar refractivity (Wildman–Crippen MR) is 126 cm³/mol. The summed E-state index contributed by atoms with van der Waals surface area (Å²) in [7, 11) is 0. The first-order chi connectivity index (χ1) is 16.0. The summed E-state index contributed by atoms with van der Waals surface area (Å²) in [5, 5.41) is 11.3. The number of ketones is 1. The molecule has 0 aromatic heterocycles. The fourth-order valence-corrected chi connectivity index (χ4v) is 4.43. The van der Waals surface area contributed by atoms with Gasteiger partial charge in [0.2, 0.25) is 0 Å². The largest absolute Gasteiger partial charge is 0.507 e. The summed E-state index contributed by atoms with van der Waals surface area (Å²) in [6.07, 6.45) is 0. The summed E-state index contributed by atoms with van der Waals surface area (Å²) in [5.74, 6) is -0.540. The second-order valence-corrected chi connectivity index (χ2v) is 8.74. The Balaban J connectivity index is 1.63. The highest BCUT2D eigenvalue weighted by molar-refractivity contribution is 9.10. The molecule has 0 saturated carbocycles. The van der Waals surface area contributed by atoms with Crippen LogP contribution in [0, 0.1) is 0 Å². The topological polar surface area (TPSA) is 76.1 Å². The number of aliphatic hydroxyl groups is 1. The molecule has 1 saturated heterocycles. The van der Waals surface area contributed by atoms with Crippen molar-refractivity contribution < 1.29 is 24.2 Å². The number of likely N-dealkylation sites (tertiary alicyclic amines) is 1. The molecule has 1 amide bonds. The van der Waals surface area contributed by atoms with Gasteiger partial charge in [0, 0.05) is 16.6 Å². The van der Waals surface area contributed by atoms with Gasteiger partial charge in [0.25, 0.3) is 11.7 Å². The van der Waals surface area contributed by atoms with Gasteiger partial charge in [0.1, 0.15) is 19.0 Å². The minimum Gasteiger partial charge on any atom is -0.507 e. The van der Waals surface area contributed by atoms with E-state index in [1.54, 1.807) is 18.2 Å². The maximum absolute atomic E-state index is 13.2. The van der Waals surface area contributed by atoms with Crippen LogP contribution in [0.1, 0.15) is 22.7 Å². The standard InChI is InChI=1S/C26H20BrNO5/c27-19-9-6-17(7-10-19)23-22(24(29)18-8-11-20-21(14-18)33-13-12-32-20)25(30)26(31)28(23)15-16-4-2-1-3-5-16/h1-11,14,23,29H,12-13,15H2/b24-22-. The molecular weight excluding hydrogens is 486 g/mol. The van der Waals surface area contributed by atoms with E-state index in [-0.39, 0.29) is 17.9 Å². The second-order valence-electron chi connectivity index (χ2n) is 7.82. The maximum atomic E-state index is 13.2. The van der Waals surface area contributed by atoms with Gasteiger partial charge in [0.05, 0.1) is 11.6 Å². The zero-order chi connectivity index (χ0) is 22.9. The molecule has 2 aliphatic heterocycles. The number of rotatable bonds is 4. The van der Waals surface area contributed by atoms with Crippen molar-refractivity contribution in [3.63, 3.8) is 0 Å². The quantitative estimate of drug-likeness (QED) is 0.311. The van der Waals surface area contributed by atoms with Gasteiger partial charge in [-0.25, -0.2) is 0 Å². The molecule has 0 aliphatic carbocycles. The van der Waals surface area contributed by atoms with E-state index in [4.69, 9.17) is 9.47 Å². The molecule has 1 atom stereocenters. The average molecular weight is 506 g/mol. The SMILES string of the molecule is O=C1C(=O)N(Cc2ccccc2)C(c2ccc(Br)cc2)/C1=C(/O)c1ccc2c(c1)OCCO2. The van der Waals surface area contributed by atoms with Crippen molar-refractivity contribution in [1.82, 2.24) is 4.90 Å².